The van der Waals surface area contributed by atoms with Crippen LogP contribution in [0.15, 0.2) is 30.5 Å². The maximum Gasteiger partial charge on any atom is 0.249 e. The minimum absolute atomic E-state index is 0.0578. The number of anilines is 1. The van der Waals surface area contributed by atoms with Crippen molar-refractivity contribution in [1.29, 1.82) is 0 Å². The zero-order valence-corrected chi connectivity index (χ0v) is 16.4. The first-order valence-corrected chi connectivity index (χ1v) is 10.1. The van der Waals surface area contributed by atoms with Crippen LogP contribution < -0.4 is 5.32 Å². The molecule has 166 valence electrons. The van der Waals surface area contributed by atoms with Crippen molar-refractivity contribution in [3.05, 3.63) is 47.8 Å². The molecule has 0 aliphatic heterocycles. The number of carbonyl (C=O) groups excluding carboxylic acids is 1. The van der Waals surface area contributed by atoms with Crippen LogP contribution in [0.3, 0.4) is 0 Å². The largest absolute Gasteiger partial charge is 0.324 e. The van der Waals surface area contributed by atoms with E-state index in [1.807, 2.05) is 0 Å². The van der Waals surface area contributed by atoms with Gasteiger partial charge < -0.3 is 5.32 Å². The van der Waals surface area contributed by atoms with E-state index in [-0.39, 0.29) is 48.2 Å². The van der Waals surface area contributed by atoms with Crippen LogP contribution in [-0.4, -0.2) is 22.7 Å². The molecular weight excluding hydrogens is 422 g/mol. The van der Waals surface area contributed by atoms with Crippen LogP contribution in [0.25, 0.3) is 11.1 Å². The number of rotatable bonds is 4. The van der Waals surface area contributed by atoms with E-state index in [0.717, 1.165) is 18.2 Å². The van der Waals surface area contributed by atoms with E-state index in [1.165, 1.54) is 12.3 Å². The fraction of sp³-hybridized carbons (Fsp3) is 0.455. The summed E-state index contributed by atoms with van der Waals surface area (Å²) in [6.07, 6.45) is -0.393. The third-order valence-corrected chi connectivity index (χ3v) is 6.01. The maximum atomic E-state index is 14.5. The van der Waals surface area contributed by atoms with Gasteiger partial charge in [-0.05, 0) is 37.1 Å². The van der Waals surface area contributed by atoms with Crippen molar-refractivity contribution in [3.63, 3.8) is 0 Å². The summed E-state index contributed by atoms with van der Waals surface area (Å²) in [5.74, 6) is -9.20. The molecule has 0 spiro atoms. The van der Waals surface area contributed by atoms with E-state index in [0.29, 0.717) is 0 Å². The third-order valence-electron chi connectivity index (χ3n) is 6.01. The van der Waals surface area contributed by atoms with Gasteiger partial charge in [-0.25, -0.2) is 26.3 Å². The molecule has 1 N–H and O–H groups in total. The molecule has 9 heteroatoms. The lowest BCUT2D eigenvalue weighted by atomic mass is 9.80. The van der Waals surface area contributed by atoms with Crippen molar-refractivity contribution >= 4 is 11.6 Å². The Bertz CT molecular complexity index is 991. The van der Waals surface area contributed by atoms with Crippen LogP contribution in [-0.2, 0) is 4.79 Å². The number of aromatic nitrogens is 1. The van der Waals surface area contributed by atoms with E-state index < -0.39 is 54.1 Å². The molecule has 2 aromatic rings. The van der Waals surface area contributed by atoms with Crippen molar-refractivity contribution in [1.82, 2.24) is 4.98 Å². The number of pyridine rings is 1. The summed E-state index contributed by atoms with van der Waals surface area (Å²) >= 11 is 0. The van der Waals surface area contributed by atoms with Gasteiger partial charge in [0.15, 0.2) is 0 Å². The predicted molar refractivity (Wildman–Crippen MR) is 102 cm³/mol. The molecule has 0 bridgehead atoms. The smallest absolute Gasteiger partial charge is 0.249 e. The number of nitrogens with one attached hydrogen (secondary N) is 1. The second-order valence-corrected chi connectivity index (χ2v) is 8.32. The standard InChI is InChI=1S/C22H20F6N2O/c23-14-1-2-17(24)16(9-14)15-5-8-29-18(12-3-6-21(25,26)7-4-12)19(15)30-20(31)13-10-22(27,28)11-13/h1-2,5,8-9,12-13H,3-4,6-7,10-11H2,(H,30,31). The number of benzene rings is 1. The van der Waals surface area contributed by atoms with Crippen LogP contribution in [0.5, 0.6) is 0 Å². The lowest BCUT2D eigenvalue weighted by molar-refractivity contribution is -0.145. The van der Waals surface area contributed by atoms with E-state index in [9.17, 15) is 31.1 Å². The number of amides is 1. The lowest BCUT2D eigenvalue weighted by Crippen LogP contribution is -2.42. The van der Waals surface area contributed by atoms with Crippen LogP contribution in [0, 0.1) is 17.6 Å². The number of hydrogen-bond acceptors (Lipinski definition) is 2. The van der Waals surface area contributed by atoms with E-state index in [1.54, 1.807) is 0 Å². The molecule has 2 fully saturated rings. The van der Waals surface area contributed by atoms with Gasteiger partial charge in [-0.2, -0.15) is 0 Å². The van der Waals surface area contributed by atoms with Gasteiger partial charge in [0.1, 0.15) is 11.6 Å². The Morgan fingerprint density at radius 2 is 1.65 bits per heavy atom. The molecule has 0 radical (unpaired) electrons. The van der Waals surface area contributed by atoms with Crippen LogP contribution >= 0.6 is 0 Å². The Balaban J connectivity index is 1.73. The number of hydrogen-bond donors (Lipinski definition) is 1. The van der Waals surface area contributed by atoms with Crippen molar-refractivity contribution in [3.8, 4) is 11.1 Å². The minimum Gasteiger partial charge on any atom is -0.324 e. The van der Waals surface area contributed by atoms with Gasteiger partial charge in [-0.15, -0.1) is 0 Å². The molecule has 1 aromatic heterocycles. The fourth-order valence-electron chi connectivity index (χ4n) is 4.23. The van der Waals surface area contributed by atoms with Gasteiger partial charge in [-0.3, -0.25) is 9.78 Å². The number of carbonyl (C=O) groups is 1. The molecule has 0 saturated heterocycles. The monoisotopic (exact) mass is 442 g/mol. The first kappa shape index (κ1) is 21.6. The van der Waals surface area contributed by atoms with Crippen LogP contribution in [0.2, 0.25) is 0 Å². The van der Waals surface area contributed by atoms with Gasteiger partial charge in [-0.1, -0.05) is 0 Å². The molecule has 2 saturated carbocycles. The first-order valence-electron chi connectivity index (χ1n) is 10.1. The first-order chi connectivity index (χ1) is 14.5. The van der Waals surface area contributed by atoms with Gasteiger partial charge in [0, 0.05) is 54.8 Å². The summed E-state index contributed by atoms with van der Waals surface area (Å²) in [4.78, 5) is 16.8. The molecule has 2 aliphatic carbocycles. The highest BCUT2D eigenvalue weighted by molar-refractivity contribution is 5.98. The summed E-state index contributed by atoms with van der Waals surface area (Å²) in [6, 6.07) is 4.21. The van der Waals surface area contributed by atoms with E-state index in [4.69, 9.17) is 0 Å². The van der Waals surface area contributed by atoms with Crippen molar-refractivity contribution in [2.24, 2.45) is 5.92 Å². The van der Waals surface area contributed by atoms with Crippen molar-refractivity contribution < 1.29 is 31.1 Å². The quantitative estimate of drug-likeness (QED) is 0.565. The Labute approximate surface area is 174 Å². The average molecular weight is 442 g/mol. The van der Waals surface area contributed by atoms with Gasteiger partial charge in [0.05, 0.1) is 11.4 Å². The average Bonchev–Trinajstić information content (AvgIpc) is 2.68. The fourth-order valence-corrected chi connectivity index (χ4v) is 4.23. The van der Waals surface area contributed by atoms with E-state index >= 15 is 0 Å². The second-order valence-electron chi connectivity index (χ2n) is 8.32. The van der Waals surface area contributed by atoms with Gasteiger partial charge in [0.25, 0.3) is 0 Å². The van der Waals surface area contributed by atoms with Crippen molar-refractivity contribution in [2.75, 3.05) is 5.32 Å². The SMILES string of the molecule is O=C(Nc1c(-c2cc(F)ccc2F)ccnc1C1CCC(F)(F)CC1)C1CC(F)(F)C1. The predicted octanol–water partition coefficient (Wildman–Crippen LogP) is 6.30. The number of alkyl halides is 4. The molecule has 0 unspecified atom stereocenters. The second kappa shape index (κ2) is 7.84. The van der Waals surface area contributed by atoms with Gasteiger partial charge in [0.2, 0.25) is 17.8 Å². The molecule has 3 nitrogen and oxygen atoms in total. The lowest BCUT2D eigenvalue weighted by Gasteiger charge is -2.34. The Morgan fingerprint density at radius 3 is 2.29 bits per heavy atom. The third kappa shape index (κ3) is 4.55. The minimum atomic E-state index is -2.91. The van der Waals surface area contributed by atoms with Gasteiger partial charge >= 0.3 is 0 Å². The van der Waals surface area contributed by atoms with Crippen LogP contribution in [0.4, 0.5) is 32.0 Å². The molecule has 1 amide bonds. The number of halogens is 6. The molecule has 0 atom stereocenters. The molecule has 2 aliphatic rings. The molecule has 4 rings (SSSR count). The summed E-state index contributed by atoms with van der Waals surface area (Å²) in [5, 5.41) is 2.57. The highest BCUT2D eigenvalue weighted by Crippen LogP contribution is 2.46. The summed E-state index contributed by atoms with van der Waals surface area (Å²) in [7, 11) is 0. The summed E-state index contributed by atoms with van der Waals surface area (Å²) < 4.78 is 82.0. The van der Waals surface area contributed by atoms with Crippen molar-refractivity contribution in [2.45, 2.75) is 56.3 Å². The Kier molecular flexibility index (Phi) is 5.47. The Morgan fingerprint density at radius 1 is 0.968 bits per heavy atom. The molecule has 1 heterocycles. The Hall–Kier alpha value is -2.58. The zero-order valence-electron chi connectivity index (χ0n) is 16.4. The molecule has 1 aromatic carbocycles. The number of nitrogens with zero attached hydrogens (tertiary/aromatic N) is 1. The summed E-state index contributed by atoms with van der Waals surface area (Å²) in [5.41, 5.74) is 0.316. The highest BCUT2D eigenvalue weighted by atomic mass is 19.3. The topological polar surface area (TPSA) is 42.0 Å². The molecular formula is C22H20F6N2O. The van der Waals surface area contributed by atoms with E-state index in [2.05, 4.69) is 10.3 Å². The normalized spacial score (nSPS) is 20.8. The maximum absolute atomic E-state index is 14.5. The summed E-state index contributed by atoms with van der Waals surface area (Å²) in [6.45, 7) is 0. The van der Waals surface area contributed by atoms with Crippen LogP contribution in [0.1, 0.15) is 50.1 Å². The highest BCUT2D eigenvalue weighted by Gasteiger charge is 2.49. The molecule has 31 heavy (non-hydrogen) atoms. The zero-order chi connectivity index (χ0) is 22.4.